The number of benzene rings is 2. The fourth-order valence-corrected chi connectivity index (χ4v) is 2.33. The summed E-state index contributed by atoms with van der Waals surface area (Å²) in [5.74, 6) is -0.479. The summed E-state index contributed by atoms with van der Waals surface area (Å²) in [6.45, 7) is 4.00. The zero-order chi connectivity index (χ0) is 17.5. The lowest BCUT2D eigenvalue weighted by molar-refractivity contribution is -0.384. The van der Waals surface area contributed by atoms with Gasteiger partial charge in [0.1, 0.15) is 0 Å². The molecule has 0 aliphatic rings. The second-order valence-electron chi connectivity index (χ2n) is 5.25. The smallest absolute Gasteiger partial charge is 0.269 e. The van der Waals surface area contributed by atoms with E-state index >= 15 is 0 Å². The van der Waals surface area contributed by atoms with E-state index in [1.807, 2.05) is 0 Å². The van der Waals surface area contributed by atoms with Crippen LogP contribution >= 0.6 is 0 Å². The molecular weight excluding hydrogens is 308 g/mol. The van der Waals surface area contributed by atoms with Gasteiger partial charge in [0.25, 0.3) is 11.6 Å². The summed E-state index contributed by atoms with van der Waals surface area (Å²) in [5, 5.41) is 21.1. The number of nitrogens with zero attached hydrogens (tertiary/aromatic N) is 2. The SMILES string of the molecule is C=CCN(Cc1cccc([N+](=O)[O-])c1)C(=O)C(O)c1ccccc1. The molecule has 0 heterocycles. The van der Waals surface area contributed by atoms with Crippen molar-refractivity contribution in [3.05, 3.63) is 88.5 Å². The van der Waals surface area contributed by atoms with Crippen LogP contribution in [-0.2, 0) is 11.3 Å². The minimum atomic E-state index is -1.29. The molecule has 1 amide bonds. The summed E-state index contributed by atoms with van der Waals surface area (Å²) < 4.78 is 0. The molecule has 0 aliphatic carbocycles. The summed E-state index contributed by atoms with van der Waals surface area (Å²) in [6, 6.07) is 14.7. The molecule has 2 rings (SSSR count). The van der Waals surface area contributed by atoms with Crippen LogP contribution in [0.25, 0.3) is 0 Å². The molecule has 0 saturated carbocycles. The van der Waals surface area contributed by atoms with Crippen molar-refractivity contribution in [2.24, 2.45) is 0 Å². The highest BCUT2D eigenvalue weighted by molar-refractivity contribution is 5.82. The van der Waals surface area contributed by atoms with Gasteiger partial charge in [-0.2, -0.15) is 0 Å². The number of hydrogen-bond donors (Lipinski definition) is 1. The quantitative estimate of drug-likeness (QED) is 0.482. The number of carbonyl (C=O) groups excluding carboxylic acids is 1. The fraction of sp³-hybridized carbons (Fsp3) is 0.167. The van der Waals surface area contributed by atoms with Gasteiger partial charge in [0, 0.05) is 25.2 Å². The topological polar surface area (TPSA) is 83.7 Å². The fourth-order valence-electron chi connectivity index (χ4n) is 2.33. The number of non-ortho nitro benzene ring substituents is 1. The van der Waals surface area contributed by atoms with E-state index < -0.39 is 16.9 Å². The predicted octanol–water partition coefficient (Wildman–Crippen LogP) is 2.84. The van der Waals surface area contributed by atoms with Crippen LogP contribution in [0.3, 0.4) is 0 Å². The number of hydrogen-bond acceptors (Lipinski definition) is 4. The highest BCUT2D eigenvalue weighted by Gasteiger charge is 2.23. The van der Waals surface area contributed by atoms with Crippen molar-refractivity contribution in [3.63, 3.8) is 0 Å². The zero-order valence-electron chi connectivity index (χ0n) is 13.0. The molecule has 1 unspecified atom stereocenters. The molecule has 124 valence electrons. The van der Waals surface area contributed by atoms with Gasteiger partial charge in [0.05, 0.1) is 4.92 Å². The van der Waals surface area contributed by atoms with Crippen LogP contribution in [-0.4, -0.2) is 27.4 Å². The maximum absolute atomic E-state index is 12.6. The lowest BCUT2D eigenvalue weighted by Crippen LogP contribution is -2.34. The molecular formula is C18H18N2O4. The van der Waals surface area contributed by atoms with Gasteiger partial charge in [-0.3, -0.25) is 14.9 Å². The van der Waals surface area contributed by atoms with Gasteiger partial charge < -0.3 is 10.0 Å². The number of nitro benzene ring substituents is 1. The molecule has 2 aromatic rings. The van der Waals surface area contributed by atoms with Crippen molar-refractivity contribution in [1.82, 2.24) is 4.90 Å². The molecule has 2 aromatic carbocycles. The Morgan fingerprint density at radius 3 is 2.58 bits per heavy atom. The first-order chi connectivity index (χ1) is 11.5. The van der Waals surface area contributed by atoms with Gasteiger partial charge >= 0.3 is 0 Å². The van der Waals surface area contributed by atoms with E-state index in [0.717, 1.165) is 0 Å². The normalized spacial score (nSPS) is 11.5. The molecule has 0 fully saturated rings. The monoisotopic (exact) mass is 326 g/mol. The lowest BCUT2D eigenvalue weighted by atomic mass is 10.1. The molecule has 0 bridgehead atoms. The van der Waals surface area contributed by atoms with Crippen molar-refractivity contribution in [1.29, 1.82) is 0 Å². The first-order valence-electron chi connectivity index (χ1n) is 7.39. The van der Waals surface area contributed by atoms with Gasteiger partial charge in [0.2, 0.25) is 0 Å². The summed E-state index contributed by atoms with van der Waals surface area (Å²) in [7, 11) is 0. The second-order valence-corrected chi connectivity index (χ2v) is 5.25. The molecule has 0 aliphatic heterocycles. The first-order valence-corrected chi connectivity index (χ1v) is 7.39. The molecule has 0 saturated heterocycles. The van der Waals surface area contributed by atoms with Crippen LogP contribution in [0.5, 0.6) is 0 Å². The summed E-state index contributed by atoms with van der Waals surface area (Å²) >= 11 is 0. The Balaban J connectivity index is 2.19. The van der Waals surface area contributed by atoms with E-state index in [0.29, 0.717) is 11.1 Å². The second kappa shape index (κ2) is 8.03. The van der Waals surface area contributed by atoms with Crippen LogP contribution in [0.2, 0.25) is 0 Å². The summed E-state index contributed by atoms with van der Waals surface area (Å²) in [5.41, 5.74) is 1.07. The maximum atomic E-state index is 12.6. The van der Waals surface area contributed by atoms with Crippen LogP contribution in [0, 0.1) is 10.1 Å². The van der Waals surface area contributed by atoms with Gasteiger partial charge in [0.15, 0.2) is 6.10 Å². The Labute approximate surface area is 139 Å². The molecule has 24 heavy (non-hydrogen) atoms. The van der Waals surface area contributed by atoms with E-state index in [1.165, 1.54) is 17.0 Å². The molecule has 6 heteroatoms. The van der Waals surface area contributed by atoms with Crippen molar-refractivity contribution < 1.29 is 14.8 Å². The standard InChI is InChI=1S/C18H18N2O4/c1-2-11-19(13-14-7-6-10-16(12-14)20(23)24)18(22)17(21)15-8-4-3-5-9-15/h2-10,12,17,21H,1,11,13H2. The average Bonchev–Trinajstić information content (AvgIpc) is 2.61. The number of rotatable bonds is 7. The predicted molar refractivity (Wildman–Crippen MR) is 90.1 cm³/mol. The molecule has 0 spiro atoms. The Kier molecular flexibility index (Phi) is 5.81. The Bertz CT molecular complexity index is 731. The van der Waals surface area contributed by atoms with Gasteiger partial charge in [-0.1, -0.05) is 48.5 Å². The van der Waals surface area contributed by atoms with E-state index in [1.54, 1.807) is 48.5 Å². The molecule has 6 nitrogen and oxygen atoms in total. The van der Waals surface area contributed by atoms with E-state index in [2.05, 4.69) is 6.58 Å². The van der Waals surface area contributed by atoms with Gasteiger partial charge in [-0.15, -0.1) is 6.58 Å². The number of nitro groups is 1. The number of amides is 1. The van der Waals surface area contributed by atoms with Gasteiger partial charge in [-0.05, 0) is 11.1 Å². The van der Waals surface area contributed by atoms with E-state index in [9.17, 15) is 20.0 Å². The Morgan fingerprint density at radius 1 is 1.25 bits per heavy atom. The first kappa shape index (κ1) is 17.4. The van der Waals surface area contributed by atoms with Gasteiger partial charge in [-0.25, -0.2) is 0 Å². The third-order valence-corrected chi connectivity index (χ3v) is 3.51. The van der Waals surface area contributed by atoms with Crippen LogP contribution in [0.4, 0.5) is 5.69 Å². The lowest BCUT2D eigenvalue weighted by Gasteiger charge is -2.24. The molecule has 1 N–H and O–H groups in total. The summed E-state index contributed by atoms with van der Waals surface area (Å²) in [4.78, 5) is 24.3. The third kappa shape index (κ3) is 4.27. The van der Waals surface area contributed by atoms with Crippen LogP contribution < -0.4 is 0 Å². The molecule has 0 aromatic heterocycles. The van der Waals surface area contributed by atoms with Crippen molar-refractivity contribution in [2.75, 3.05) is 6.54 Å². The van der Waals surface area contributed by atoms with Crippen molar-refractivity contribution in [2.45, 2.75) is 12.6 Å². The van der Waals surface area contributed by atoms with Crippen molar-refractivity contribution >= 4 is 11.6 Å². The number of carbonyl (C=O) groups is 1. The number of aliphatic hydroxyl groups excluding tert-OH is 1. The highest BCUT2D eigenvalue weighted by Crippen LogP contribution is 2.19. The van der Waals surface area contributed by atoms with E-state index in [-0.39, 0.29) is 18.8 Å². The van der Waals surface area contributed by atoms with E-state index in [4.69, 9.17) is 0 Å². The molecule has 1 atom stereocenters. The number of aliphatic hydroxyl groups is 1. The van der Waals surface area contributed by atoms with Crippen molar-refractivity contribution in [3.8, 4) is 0 Å². The molecule has 0 radical (unpaired) electrons. The maximum Gasteiger partial charge on any atom is 0.269 e. The highest BCUT2D eigenvalue weighted by atomic mass is 16.6. The zero-order valence-corrected chi connectivity index (χ0v) is 13.0. The Hall–Kier alpha value is -2.99. The minimum Gasteiger partial charge on any atom is -0.378 e. The van der Waals surface area contributed by atoms with Crippen LogP contribution in [0.1, 0.15) is 17.2 Å². The minimum absolute atomic E-state index is 0.0397. The largest absolute Gasteiger partial charge is 0.378 e. The Morgan fingerprint density at radius 2 is 1.96 bits per heavy atom. The summed E-state index contributed by atoms with van der Waals surface area (Å²) in [6.07, 6.45) is 0.261. The average molecular weight is 326 g/mol. The third-order valence-electron chi connectivity index (χ3n) is 3.51. The van der Waals surface area contributed by atoms with Crippen LogP contribution in [0.15, 0.2) is 67.3 Å².